The molecule has 0 atom stereocenters. The van der Waals surface area contributed by atoms with E-state index in [2.05, 4.69) is 9.88 Å². The third-order valence-corrected chi connectivity index (χ3v) is 4.71. The number of nitrogens with zero attached hydrogens (tertiary/aromatic N) is 2. The summed E-state index contributed by atoms with van der Waals surface area (Å²) < 4.78 is 5.23. The van der Waals surface area contributed by atoms with Gasteiger partial charge in [0, 0.05) is 24.7 Å². The molecule has 3 rings (SSSR count). The van der Waals surface area contributed by atoms with Crippen LogP contribution in [0.4, 0.5) is 5.13 Å². The van der Waals surface area contributed by atoms with Crippen molar-refractivity contribution in [2.24, 2.45) is 11.1 Å². The van der Waals surface area contributed by atoms with Crippen LogP contribution in [0.2, 0.25) is 0 Å². The second-order valence-corrected chi connectivity index (χ2v) is 6.22. The van der Waals surface area contributed by atoms with Crippen molar-refractivity contribution >= 4 is 22.4 Å². The van der Waals surface area contributed by atoms with Gasteiger partial charge in [0.2, 0.25) is 5.91 Å². The molecule has 2 heterocycles. The summed E-state index contributed by atoms with van der Waals surface area (Å²) >= 11 is 1.57. The number of ether oxygens (including phenoxy) is 1. The van der Waals surface area contributed by atoms with Crippen molar-refractivity contribution in [2.45, 2.75) is 6.42 Å². The van der Waals surface area contributed by atoms with Gasteiger partial charge in [-0.3, -0.25) is 4.79 Å². The maximum atomic E-state index is 11.9. The molecule has 1 aliphatic rings. The van der Waals surface area contributed by atoms with E-state index in [1.54, 1.807) is 24.6 Å². The third kappa shape index (κ3) is 2.58. The van der Waals surface area contributed by atoms with Crippen LogP contribution in [0.25, 0.3) is 0 Å². The lowest BCUT2D eigenvalue weighted by Crippen LogP contribution is -2.63. The summed E-state index contributed by atoms with van der Waals surface area (Å²) in [5, 5.41) is 2.87. The molecule has 0 saturated carbocycles. The van der Waals surface area contributed by atoms with Gasteiger partial charge in [-0.2, -0.15) is 0 Å². The lowest BCUT2D eigenvalue weighted by Gasteiger charge is -2.48. The zero-order valence-electron chi connectivity index (χ0n) is 11.8. The van der Waals surface area contributed by atoms with E-state index in [0.717, 1.165) is 16.4 Å². The molecule has 2 aromatic rings. The first-order valence-corrected chi connectivity index (χ1v) is 7.58. The highest BCUT2D eigenvalue weighted by atomic mass is 32.1. The first-order valence-electron chi connectivity index (χ1n) is 6.70. The Kier molecular flexibility index (Phi) is 3.55. The molecule has 110 valence electrons. The van der Waals surface area contributed by atoms with E-state index in [9.17, 15) is 4.79 Å². The van der Waals surface area contributed by atoms with Gasteiger partial charge in [-0.25, -0.2) is 4.98 Å². The van der Waals surface area contributed by atoms with Gasteiger partial charge in [-0.1, -0.05) is 12.1 Å². The number of hydrogen-bond acceptors (Lipinski definition) is 5. The Hall–Kier alpha value is -2.08. The monoisotopic (exact) mass is 303 g/mol. The number of amides is 1. The number of rotatable bonds is 5. The van der Waals surface area contributed by atoms with Crippen LogP contribution in [-0.2, 0) is 11.2 Å². The largest absolute Gasteiger partial charge is 0.497 e. The quantitative estimate of drug-likeness (QED) is 0.912. The normalized spacial score (nSPS) is 16.3. The molecule has 1 aromatic heterocycles. The fourth-order valence-corrected chi connectivity index (χ4v) is 3.36. The van der Waals surface area contributed by atoms with Gasteiger partial charge < -0.3 is 15.4 Å². The van der Waals surface area contributed by atoms with Crippen LogP contribution in [0.3, 0.4) is 0 Å². The Morgan fingerprint density at radius 2 is 2.33 bits per heavy atom. The van der Waals surface area contributed by atoms with E-state index >= 15 is 0 Å². The number of methoxy groups -OCH3 is 1. The van der Waals surface area contributed by atoms with Crippen LogP contribution in [0, 0.1) is 5.41 Å². The number of nitrogens with two attached hydrogens (primary N) is 1. The number of anilines is 1. The van der Waals surface area contributed by atoms with Gasteiger partial charge in [-0.05, 0) is 24.1 Å². The lowest BCUT2D eigenvalue weighted by molar-refractivity contribution is -0.129. The molecular formula is C15H17N3O2S. The second-order valence-electron chi connectivity index (χ2n) is 5.34. The summed E-state index contributed by atoms with van der Waals surface area (Å²) in [6, 6.07) is 7.78. The first-order chi connectivity index (χ1) is 10.1. The molecule has 1 amide bonds. The van der Waals surface area contributed by atoms with Gasteiger partial charge in [-0.15, -0.1) is 11.3 Å². The number of carbonyl (C=O) groups excluding carboxylic acids is 1. The van der Waals surface area contributed by atoms with E-state index in [0.29, 0.717) is 19.5 Å². The molecule has 1 aromatic carbocycles. The summed E-state index contributed by atoms with van der Waals surface area (Å²) in [5.74, 6) is 0.543. The molecule has 2 N–H and O–H groups in total. The van der Waals surface area contributed by atoms with Crippen molar-refractivity contribution in [1.82, 2.24) is 4.98 Å². The van der Waals surface area contributed by atoms with Crippen molar-refractivity contribution in [3.63, 3.8) is 0 Å². The first kappa shape index (κ1) is 13.9. The Morgan fingerprint density at radius 1 is 1.52 bits per heavy atom. The molecule has 0 unspecified atom stereocenters. The Labute approximate surface area is 127 Å². The fourth-order valence-electron chi connectivity index (χ4n) is 2.72. The molecule has 5 nitrogen and oxygen atoms in total. The highest BCUT2D eigenvalue weighted by Crippen LogP contribution is 2.38. The number of carbonyl (C=O) groups is 1. The van der Waals surface area contributed by atoms with E-state index in [4.69, 9.17) is 10.5 Å². The van der Waals surface area contributed by atoms with Crippen LogP contribution in [0.1, 0.15) is 5.56 Å². The Bertz CT molecular complexity index is 636. The molecule has 1 aliphatic heterocycles. The lowest BCUT2D eigenvalue weighted by atomic mass is 9.74. The number of benzene rings is 1. The second kappa shape index (κ2) is 5.37. The van der Waals surface area contributed by atoms with E-state index in [1.807, 2.05) is 29.6 Å². The number of aromatic nitrogens is 1. The smallest absolute Gasteiger partial charge is 0.227 e. The molecule has 21 heavy (non-hydrogen) atoms. The van der Waals surface area contributed by atoms with Crippen LogP contribution < -0.4 is 15.4 Å². The van der Waals surface area contributed by atoms with Crippen LogP contribution >= 0.6 is 11.3 Å². The zero-order valence-corrected chi connectivity index (χ0v) is 12.6. The number of hydrogen-bond donors (Lipinski definition) is 1. The van der Waals surface area contributed by atoms with Crippen molar-refractivity contribution in [3.8, 4) is 5.75 Å². The molecule has 0 bridgehead atoms. The maximum absolute atomic E-state index is 11.9. The molecule has 0 radical (unpaired) electrons. The molecule has 0 aliphatic carbocycles. The number of thiazole rings is 1. The van der Waals surface area contributed by atoms with Gasteiger partial charge in [0.25, 0.3) is 0 Å². The fraction of sp³-hybridized carbons (Fsp3) is 0.333. The van der Waals surface area contributed by atoms with E-state index < -0.39 is 5.41 Å². The van der Waals surface area contributed by atoms with Gasteiger partial charge >= 0.3 is 0 Å². The molecular weight excluding hydrogens is 286 g/mol. The molecule has 1 saturated heterocycles. The molecule has 6 heteroatoms. The molecule has 0 spiro atoms. The standard InChI is InChI=1S/C15H17N3O2S/c1-20-12-4-2-3-11(7-12)8-15(13(16)19)9-18(10-15)14-17-5-6-21-14/h2-7H,8-10H2,1H3,(H2,16,19). The van der Waals surface area contributed by atoms with Crippen molar-refractivity contribution in [1.29, 1.82) is 0 Å². The summed E-state index contributed by atoms with van der Waals surface area (Å²) in [5.41, 5.74) is 6.20. The summed E-state index contributed by atoms with van der Waals surface area (Å²) in [7, 11) is 1.64. The average molecular weight is 303 g/mol. The highest BCUT2D eigenvalue weighted by Gasteiger charge is 2.48. The Balaban J connectivity index is 1.76. The van der Waals surface area contributed by atoms with Crippen molar-refractivity contribution in [3.05, 3.63) is 41.4 Å². The average Bonchev–Trinajstić information content (AvgIpc) is 2.96. The van der Waals surface area contributed by atoms with Crippen LogP contribution in [0.5, 0.6) is 5.75 Å². The zero-order chi connectivity index (χ0) is 14.9. The van der Waals surface area contributed by atoms with E-state index in [1.165, 1.54) is 0 Å². The summed E-state index contributed by atoms with van der Waals surface area (Å²) in [6.07, 6.45) is 2.40. The minimum absolute atomic E-state index is 0.252. The summed E-state index contributed by atoms with van der Waals surface area (Å²) in [4.78, 5) is 18.3. The van der Waals surface area contributed by atoms with Gasteiger partial charge in [0.1, 0.15) is 5.75 Å². The number of primary amides is 1. The van der Waals surface area contributed by atoms with Crippen LogP contribution in [0.15, 0.2) is 35.8 Å². The van der Waals surface area contributed by atoms with Crippen LogP contribution in [-0.4, -0.2) is 31.1 Å². The van der Waals surface area contributed by atoms with Crippen molar-refractivity contribution < 1.29 is 9.53 Å². The SMILES string of the molecule is COc1cccc(CC2(C(N)=O)CN(c3nccs3)C2)c1. The predicted molar refractivity (Wildman–Crippen MR) is 82.7 cm³/mol. The Morgan fingerprint density at radius 3 is 2.95 bits per heavy atom. The minimum atomic E-state index is -0.516. The predicted octanol–water partition coefficient (Wildman–Crippen LogP) is 1.69. The highest BCUT2D eigenvalue weighted by molar-refractivity contribution is 7.13. The molecule has 1 fully saturated rings. The topological polar surface area (TPSA) is 68.5 Å². The summed E-state index contributed by atoms with van der Waals surface area (Å²) in [6.45, 7) is 1.24. The van der Waals surface area contributed by atoms with Gasteiger partial charge in [0.05, 0.1) is 12.5 Å². The van der Waals surface area contributed by atoms with E-state index in [-0.39, 0.29) is 5.91 Å². The van der Waals surface area contributed by atoms with Gasteiger partial charge in [0.15, 0.2) is 5.13 Å². The third-order valence-electron chi connectivity index (χ3n) is 3.88. The maximum Gasteiger partial charge on any atom is 0.227 e. The minimum Gasteiger partial charge on any atom is -0.497 e. The van der Waals surface area contributed by atoms with Crippen molar-refractivity contribution in [2.75, 3.05) is 25.1 Å².